The number of aromatic nitrogens is 2. The van der Waals surface area contributed by atoms with Crippen molar-refractivity contribution in [3.63, 3.8) is 0 Å². The monoisotopic (exact) mass is 534 g/mol. The number of nitriles is 1. The number of rotatable bonds is 6. The molecular formula is C26H23IN4O. The summed E-state index contributed by atoms with van der Waals surface area (Å²) < 4.78 is 9.73. The van der Waals surface area contributed by atoms with Gasteiger partial charge in [-0.15, -0.1) is 0 Å². The molecule has 160 valence electrons. The summed E-state index contributed by atoms with van der Waals surface area (Å²) in [6.07, 6.45) is 3.33. The third kappa shape index (κ3) is 4.50. The minimum atomic E-state index is 0.452. The van der Waals surface area contributed by atoms with Gasteiger partial charge in [0, 0.05) is 21.9 Å². The predicted molar refractivity (Wildman–Crippen MR) is 134 cm³/mol. The first-order valence-electron chi connectivity index (χ1n) is 10.8. The Kier molecular flexibility index (Phi) is 6.10. The molecule has 5 rings (SSSR count). The minimum absolute atomic E-state index is 0.452. The van der Waals surface area contributed by atoms with E-state index >= 15 is 0 Å². The molecule has 0 amide bonds. The van der Waals surface area contributed by atoms with Crippen LogP contribution < -0.4 is 10.1 Å². The van der Waals surface area contributed by atoms with Crippen molar-refractivity contribution >= 4 is 33.6 Å². The summed E-state index contributed by atoms with van der Waals surface area (Å²) in [6.45, 7) is 3.59. The number of hydrogen-bond acceptors (Lipinski definition) is 4. The summed E-state index contributed by atoms with van der Waals surface area (Å²) in [5.74, 6) is 1.25. The van der Waals surface area contributed by atoms with E-state index in [9.17, 15) is 5.26 Å². The average Bonchev–Trinajstić information content (AvgIpc) is 3.48. The van der Waals surface area contributed by atoms with Crippen LogP contribution in [0.3, 0.4) is 0 Å². The van der Waals surface area contributed by atoms with Crippen LogP contribution in [-0.2, 0) is 13.2 Å². The van der Waals surface area contributed by atoms with Gasteiger partial charge in [0.15, 0.2) is 0 Å². The smallest absolute Gasteiger partial charge is 0.222 e. The zero-order chi connectivity index (χ0) is 21.9. The molecule has 6 heteroatoms. The van der Waals surface area contributed by atoms with E-state index in [2.05, 4.69) is 81.1 Å². The summed E-state index contributed by atoms with van der Waals surface area (Å²) in [5.41, 5.74) is 5.72. The van der Waals surface area contributed by atoms with Crippen LogP contribution in [0.2, 0.25) is 0 Å². The number of hydrogen-bond donors (Lipinski definition) is 1. The van der Waals surface area contributed by atoms with Gasteiger partial charge in [0.05, 0.1) is 22.7 Å². The second-order valence-corrected chi connectivity index (χ2v) is 9.42. The van der Waals surface area contributed by atoms with E-state index in [1.165, 1.54) is 9.99 Å². The van der Waals surface area contributed by atoms with Gasteiger partial charge in [-0.25, -0.2) is 4.98 Å². The maximum atomic E-state index is 9.17. The molecule has 1 saturated heterocycles. The Bertz CT molecular complexity index is 1270. The summed E-state index contributed by atoms with van der Waals surface area (Å²) >= 11 is 2.30. The fourth-order valence-electron chi connectivity index (χ4n) is 4.17. The summed E-state index contributed by atoms with van der Waals surface area (Å²) in [6, 6.07) is 22.4. The highest BCUT2D eigenvalue weighted by Crippen LogP contribution is 2.33. The molecule has 2 aromatic carbocycles. The second kappa shape index (κ2) is 9.31. The van der Waals surface area contributed by atoms with Crippen LogP contribution in [0.15, 0.2) is 66.9 Å². The number of pyridine rings is 1. The molecule has 0 bridgehead atoms. The van der Waals surface area contributed by atoms with Gasteiger partial charge in [0.2, 0.25) is 5.88 Å². The van der Waals surface area contributed by atoms with Crippen molar-refractivity contribution in [3.8, 4) is 23.1 Å². The fraction of sp³-hybridized carbons (Fsp3) is 0.231. The van der Waals surface area contributed by atoms with Crippen molar-refractivity contribution in [1.29, 1.82) is 5.26 Å². The molecule has 1 atom stereocenters. The normalized spacial score (nSPS) is 15.7. The molecule has 0 unspecified atom stereocenters. The number of nitrogens with one attached hydrogen (secondary N) is 1. The first-order valence-corrected chi connectivity index (χ1v) is 11.9. The Hall–Kier alpha value is -2.89. The highest BCUT2D eigenvalue weighted by molar-refractivity contribution is 14.1. The Morgan fingerprint density at radius 2 is 1.94 bits per heavy atom. The van der Waals surface area contributed by atoms with Gasteiger partial charge in [-0.1, -0.05) is 24.3 Å². The maximum Gasteiger partial charge on any atom is 0.222 e. The van der Waals surface area contributed by atoms with Crippen LogP contribution in [0.5, 0.6) is 5.88 Å². The summed E-state index contributed by atoms with van der Waals surface area (Å²) in [4.78, 5) is 4.90. The molecule has 1 fully saturated rings. The Labute approximate surface area is 201 Å². The van der Waals surface area contributed by atoms with Crippen LogP contribution in [0, 0.1) is 20.8 Å². The Morgan fingerprint density at radius 1 is 1.12 bits per heavy atom. The zero-order valence-electron chi connectivity index (χ0n) is 17.6. The summed E-state index contributed by atoms with van der Waals surface area (Å²) in [7, 11) is 0. The predicted octanol–water partition coefficient (Wildman–Crippen LogP) is 5.37. The van der Waals surface area contributed by atoms with Crippen molar-refractivity contribution in [2.24, 2.45) is 5.92 Å². The zero-order valence-corrected chi connectivity index (χ0v) is 19.7. The van der Waals surface area contributed by atoms with Crippen molar-refractivity contribution in [1.82, 2.24) is 14.9 Å². The number of ether oxygens (including phenoxy) is 1. The van der Waals surface area contributed by atoms with Crippen molar-refractivity contribution in [2.45, 2.75) is 19.6 Å². The van der Waals surface area contributed by atoms with Crippen LogP contribution in [0.4, 0.5) is 0 Å². The number of halogens is 1. The number of benzene rings is 2. The van der Waals surface area contributed by atoms with E-state index in [4.69, 9.17) is 9.72 Å². The third-order valence-corrected chi connectivity index (χ3v) is 6.67. The van der Waals surface area contributed by atoms with Gasteiger partial charge < -0.3 is 14.6 Å². The lowest BCUT2D eigenvalue weighted by atomic mass is 10.0. The molecule has 0 spiro atoms. The first-order chi connectivity index (χ1) is 15.7. The van der Waals surface area contributed by atoms with Crippen LogP contribution >= 0.6 is 22.6 Å². The number of nitrogens with zero attached hydrogens (tertiary/aromatic N) is 3. The molecule has 3 heterocycles. The van der Waals surface area contributed by atoms with Crippen molar-refractivity contribution < 1.29 is 4.74 Å². The molecule has 1 aliphatic rings. The van der Waals surface area contributed by atoms with Gasteiger partial charge in [-0.2, -0.15) is 5.26 Å². The molecule has 1 aliphatic heterocycles. The fourth-order valence-corrected chi connectivity index (χ4v) is 4.53. The minimum Gasteiger partial charge on any atom is -0.472 e. The molecular weight excluding hydrogens is 511 g/mol. The van der Waals surface area contributed by atoms with Gasteiger partial charge in [0.1, 0.15) is 6.61 Å². The van der Waals surface area contributed by atoms with Crippen LogP contribution in [0.25, 0.3) is 22.2 Å². The lowest BCUT2D eigenvalue weighted by Crippen LogP contribution is -2.14. The van der Waals surface area contributed by atoms with E-state index in [0.717, 1.165) is 47.4 Å². The lowest BCUT2D eigenvalue weighted by molar-refractivity contribution is 0.296. The van der Waals surface area contributed by atoms with E-state index in [1.54, 1.807) is 0 Å². The molecule has 4 aromatic rings. The molecule has 0 radical (unpaired) electrons. The van der Waals surface area contributed by atoms with E-state index in [0.29, 0.717) is 24.0 Å². The van der Waals surface area contributed by atoms with E-state index in [-0.39, 0.29) is 0 Å². The maximum absolute atomic E-state index is 9.17. The summed E-state index contributed by atoms with van der Waals surface area (Å²) in [5, 5.41) is 12.6. The van der Waals surface area contributed by atoms with Crippen LogP contribution in [0.1, 0.15) is 17.5 Å². The molecule has 0 saturated carbocycles. The van der Waals surface area contributed by atoms with E-state index in [1.807, 2.05) is 24.3 Å². The van der Waals surface area contributed by atoms with Gasteiger partial charge in [0.25, 0.3) is 0 Å². The molecule has 0 aliphatic carbocycles. The first kappa shape index (κ1) is 21.0. The van der Waals surface area contributed by atoms with Crippen molar-refractivity contribution in [3.05, 3.63) is 81.6 Å². The van der Waals surface area contributed by atoms with Gasteiger partial charge in [-0.05, 0) is 95.5 Å². The lowest BCUT2D eigenvalue weighted by Gasteiger charge is -2.14. The third-order valence-electron chi connectivity index (χ3n) is 5.95. The molecule has 2 aromatic heterocycles. The molecule has 5 nitrogen and oxygen atoms in total. The van der Waals surface area contributed by atoms with Gasteiger partial charge in [-0.3, -0.25) is 0 Å². The largest absolute Gasteiger partial charge is 0.472 e. The Balaban J connectivity index is 1.52. The highest BCUT2D eigenvalue weighted by Gasteiger charge is 2.18. The second-order valence-electron chi connectivity index (χ2n) is 8.18. The van der Waals surface area contributed by atoms with Crippen LogP contribution in [-0.4, -0.2) is 22.6 Å². The topological polar surface area (TPSA) is 62.9 Å². The highest BCUT2D eigenvalue weighted by atomic mass is 127. The quantitative estimate of drug-likeness (QED) is 0.338. The van der Waals surface area contributed by atoms with Crippen molar-refractivity contribution in [2.75, 3.05) is 13.1 Å². The molecule has 32 heavy (non-hydrogen) atoms. The molecule has 1 N–H and O–H groups in total. The Morgan fingerprint density at radius 3 is 2.66 bits per heavy atom. The van der Waals surface area contributed by atoms with Gasteiger partial charge >= 0.3 is 0 Å². The average molecular weight is 534 g/mol. The number of fused-ring (bicyclic) bond motifs is 1. The SMILES string of the molecule is N#Cc1ccc(-c2cc3c(ccn3C[C@H]3CCNC3)nc2OCc2ccc(I)cc2)cc1. The van der Waals surface area contributed by atoms with E-state index < -0.39 is 0 Å². The standard InChI is InChI=1S/C26H23IN4O/c27-22-7-3-19(4-8-22)17-32-26-23(21-5-1-18(14-28)2-6-21)13-25-24(30-26)10-12-31(25)16-20-9-11-29-15-20/h1-8,10,12-13,20,29H,9,11,15-17H2/t20-/m0/s1.